The Labute approximate surface area is 391 Å². The van der Waals surface area contributed by atoms with E-state index in [0.717, 1.165) is 5.56 Å². The van der Waals surface area contributed by atoms with E-state index in [0.29, 0.717) is 68.2 Å². The lowest BCUT2D eigenvalue weighted by Gasteiger charge is -2.40. The molecule has 4 amide bonds. The monoisotopic (exact) mass is 921 g/mol. The predicted octanol–water partition coefficient (Wildman–Crippen LogP) is 4.01. The van der Waals surface area contributed by atoms with Crippen LogP contribution in [0, 0.1) is 5.41 Å². The molecule has 2 saturated heterocycles. The van der Waals surface area contributed by atoms with Gasteiger partial charge in [-0.25, -0.2) is 9.59 Å². The number of carbonyl (C=O) groups is 6. The Hall–Kier alpha value is -6.56. The lowest BCUT2D eigenvalue weighted by molar-refractivity contribution is -0.157. The van der Waals surface area contributed by atoms with Crippen LogP contribution >= 0.6 is 0 Å². The predicted molar refractivity (Wildman–Crippen MR) is 249 cm³/mol. The van der Waals surface area contributed by atoms with Gasteiger partial charge in [-0.1, -0.05) is 61.5 Å². The van der Waals surface area contributed by atoms with E-state index in [1.165, 1.54) is 7.05 Å². The third-order valence-electron chi connectivity index (χ3n) is 12.3. The van der Waals surface area contributed by atoms with Crippen molar-refractivity contribution in [3.05, 3.63) is 114 Å². The Balaban J connectivity index is 1.06. The molecule has 67 heavy (non-hydrogen) atoms. The van der Waals surface area contributed by atoms with E-state index in [4.69, 9.17) is 24.7 Å². The summed E-state index contributed by atoms with van der Waals surface area (Å²) in [4.78, 5) is 85.1. The van der Waals surface area contributed by atoms with Crippen molar-refractivity contribution in [2.24, 2.45) is 11.1 Å². The normalized spacial score (nSPS) is 20.7. The number of carbonyl (C=O) groups excluding carboxylic acids is 6. The summed E-state index contributed by atoms with van der Waals surface area (Å²) in [5.41, 5.74) is 6.18. The average Bonchev–Trinajstić information content (AvgIpc) is 4.05. The number of hydrogen-bond acceptors (Lipinski definition) is 13. The van der Waals surface area contributed by atoms with E-state index in [-0.39, 0.29) is 38.1 Å². The lowest BCUT2D eigenvalue weighted by atomic mass is 9.75. The Morgan fingerprint density at radius 2 is 1.28 bits per heavy atom. The van der Waals surface area contributed by atoms with Gasteiger partial charge >= 0.3 is 11.9 Å². The zero-order valence-electron chi connectivity index (χ0n) is 38.6. The fourth-order valence-corrected chi connectivity index (χ4v) is 8.54. The molecule has 2 aliphatic heterocycles. The maximum absolute atomic E-state index is 14.3. The van der Waals surface area contributed by atoms with Crippen LogP contribution in [-0.4, -0.2) is 116 Å². The van der Waals surface area contributed by atoms with Gasteiger partial charge in [0.2, 0.25) is 18.0 Å². The number of rotatable bonds is 21. The molecule has 0 spiro atoms. The van der Waals surface area contributed by atoms with Crippen LogP contribution in [0.1, 0.15) is 70.4 Å². The Kier molecular flexibility index (Phi) is 17.7. The maximum Gasteiger partial charge on any atom is 0.338 e. The molecular weight excluding hydrogens is 859 g/mol. The summed E-state index contributed by atoms with van der Waals surface area (Å²) in [6.07, 6.45) is 8.40. The van der Waals surface area contributed by atoms with Gasteiger partial charge in [0.15, 0.2) is 0 Å². The number of hydrogen-bond donors (Lipinski definition) is 5. The van der Waals surface area contributed by atoms with Crippen molar-refractivity contribution in [3.63, 3.8) is 0 Å². The number of esters is 2. The van der Waals surface area contributed by atoms with E-state index in [1.54, 1.807) is 23.8 Å². The SMILES string of the molecule is CN[C@@H](C)C(=O)N[C@@H](C(=O)OCCCCOC(=O)[C@H](NC(=O)[C@H](N)NC)C(=O)N1CCC[C@H]1C1(C)C=C(Oc2ccccc2)C=CC1)C(=O)N1CCC[C@H]1c1cccc(Oc2ccccc2)c1. The summed E-state index contributed by atoms with van der Waals surface area (Å²) in [5, 5.41) is 10.5. The molecule has 2 fully saturated rings. The molecule has 17 heteroatoms. The van der Waals surface area contributed by atoms with Crippen LogP contribution in [0.2, 0.25) is 0 Å². The van der Waals surface area contributed by atoms with Gasteiger partial charge in [0.25, 0.3) is 17.7 Å². The molecule has 1 unspecified atom stereocenters. The summed E-state index contributed by atoms with van der Waals surface area (Å²) in [6, 6.07) is 21.4. The first kappa shape index (κ1) is 49.9. The van der Waals surface area contributed by atoms with Crippen molar-refractivity contribution < 1.29 is 47.7 Å². The van der Waals surface area contributed by atoms with Crippen molar-refractivity contribution in [2.45, 2.75) is 95.2 Å². The number of para-hydroxylation sites is 2. The third kappa shape index (κ3) is 13.1. The number of likely N-dealkylation sites (N-methyl/N-ethyl adjacent to an activating group) is 2. The molecule has 6 rings (SSSR count). The molecule has 0 bridgehead atoms. The van der Waals surface area contributed by atoms with Gasteiger partial charge in [0, 0.05) is 24.5 Å². The maximum atomic E-state index is 14.3. The molecule has 0 aromatic heterocycles. The quantitative estimate of drug-likeness (QED) is 0.0442. The number of unbranched alkanes of at least 4 members (excludes halogenated alkanes) is 1. The number of nitrogens with two attached hydrogens (primary N) is 1. The third-order valence-corrected chi connectivity index (χ3v) is 12.3. The van der Waals surface area contributed by atoms with Gasteiger partial charge in [-0.15, -0.1) is 0 Å². The highest BCUT2D eigenvalue weighted by Crippen LogP contribution is 2.42. The molecule has 17 nitrogen and oxygen atoms in total. The van der Waals surface area contributed by atoms with Crippen molar-refractivity contribution in [3.8, 4) is 17.2 Å². The number of allylic oxidation sites excluding steroid dienone is 2. The first-order valence-electron chi connectivity index (χ1n) is 22.9. The second kappa shape index (κ2) is 23.8. The molecule has 0 saturated carbocycles. The zero-order valence-corrected chi connectivity index (χ0v) is 38.6. The van der Waals surface area contributed by atoms with Crippen LogP contribution in [0.3, 0.4) is 0 Å². The summed E-state index contributed by atoms with van der Waals surface area (Å²) < 4.78 is 23.3. The van der Waals surface area contributed by atoms with E-state index >= 15 is 0 Å². The topological polar surface area (TPSA) is 220 Å². The molecule has 358 valence electrons. The number of benzene rings is 3. The molecule has 2 heterocycles. The van der Waals surface area contributed by atoms with Crippen molar-refractivity contribution >= 4 is 35.6 Å². The second-order valence-electron chi connectivity index (χ2n) is 17.1. The molecular formula is C50H63N7O10. The van der Waals surface area contributed by atoms with Gasteiger partial charge in [-0.05, 0) is 120 Å². The van der Waals surface area contributed by atoms with Crippen LogP contribution in [0.4, 0.5) is 0 Å². The highest BCUT2D eigenvalue weighted by Gasteiger charge is 2.46. The van der Waals surface area contributed by atoms with Crippen LogP contribution in [-0.2, 0) is 38.2 Å². The number of amides is 4. The van der Waals surface area contributed by atoms with E-state index in [9.17, 15) is 28.8 Å². The van der Waals surface area contributed by atoms with Crippen LogP contribution in [0.5, 0.6) is 17.2 Å². The summed E-state index contributed by atoms with van der Waals surface area (Å²) in [5.74, 6) is -1.88. The minimum Gasteiger partial charge on any atom is -0.464 e. The number of likely N-dealkylation sites (tertiary alicyclic amines) is 2. The minimum atomic E-state index is -1.68. The van der Waals surface area contributed by atoms with Gasteiger partial charge in [0.1, 0.15) is 29.2 Å². The summed E-state index contributed by atoms with van der Waals surface area (Å²) >= 11 is 0. The smallest absolute Gasteiger partial charge is 0.338 e. The first-order valence-corrected chi connectivity index (χ1v) is 22.9. The van der Waals surface area contributed by atoms with Crippen LogP contribution < -0.4 is 36.5 Å². The van der Waals surface area contributed by atoms with Gasteiger partial charge in [-0.2, -0.15) is 0 Å². The van der Waals surface area contributed by atoms with E-state index in [2.05, 4.69) is 21.3 Å². The molecule has 0 radical (unpaired) electrons. The van der Waals surface area contributed by atoms with E-state index in [1.807, 2.05) is 110 Å². The molecule has 3 aromatic carbocycles. The number of nitrogens with zero attached hydrogens (tertiary/aromatic N) is 2. The van der Waals surface area contributed by atoms with Crippen molar-refractivity contribution in [2.75, 3.05) is 40.4 Å². The highest BCUT2D eigenvalue weighted by atomic mass is 16.5. The van der Waals surface area contributed by atoms with Gasteiger partial charge in [0.05, 0.1) is 25.3 Å². The van der Waals surface area contributed by atoms with E-state index < -0.39 is 65.3 Å². The fourth-order valence-electron chi connectivity index (χ4n) is 8.54. The second-order valence-corrected chi connectivity index (χ2v) is 17.1. The Bertz CT molecular complexity index is 2260. The summed E-state index contributed by atoms with van der Waals surface area (Å²) in [6.45, 7) is 4.03. The molecule has 3 aliphatic rings. The molecule has 6 N–H and O–H groups in total. The highest BCUT2D eigenvalue weighted by molar-refractivity contribution is 6.06. The fraction of sp³-hybridized carbons (Fsp3) is 0.440. The first-order chi connectivity index (χ1) is 32.3. The Morgan fingerprint density at radius 1 is 0.716 bits per heavy atom. The number of nitrogens with one attached hydrogen (secondary N) is 4. The summed E-state index contributed by atoms with van der Waals surface area (Å²) in [7, 11) is 3.06. The molecule has 7 atom stereocenters. The average molecular weight is 922 g/mol. The Morgan fingerprint density at radius 3 is 1.91 bits per heavy atom. The van der Waals surface area contributed by atoms with Crippen molar-refractivity contribution in [1.29, 1.82) is 0 Å². The van der Waals surface area contributed by atoms with Crippen LogP contribution in [0.25, 0.3) is 0 Å². The molecule has 1 aliphatic carbocycles. The zero-order chi connectivity index (χ0) is 47.9. The largest absolute Gasteiger partial charge is 0.464 e. The van der Waals surface area contributed by atoms with Crippen LogP contribution in [0.15, 0.2) is 109 Å². The number of ether oxygens (including phenoxy) is 4. The van der Waals surface area contributed by atoms with Crippen molar-refractivity contribution in [1.82, 2.24) is 31.1 Å². The minimum absolute atomic E-state index is 0.165. The van der Waals surface area contributed by atoms with Gasteiger partial charge in [-0.3, -0.25) is 24.5 Å². The molecule has 3 aromatic rings. The standard InChI is InChI=1S/C50H63N7O10/c1-33(52-3)44(58)54-41(46(60)56-27-15-24-39(56)34-17-13-22-37(31-34)66-35-18-7-5-8-19-35)48(62)64-29-11-12-30-65-49(63)42(55-45(59)43(51)53-4)47(61)57-28-16-25-40(57)50(2)26-14-23-38(32-50)67-36-20-9-6-10-21-36/h5-10,13-14,17-23,31-33,39-43,52-53H,11-12,15-16,24-30,51H2,1-4H3,(H,54,58)(H,55,59)/t33-,39-,40-,41+,42+,43+,50?/m0/s1. The van der Waals surface area contributed by atoms with Gasteiger partial charge < -0.3 is 50.4 Å². The lowest BCUT2D eigenvalue weighted by Crippen LogP contribution is -2.60.